The van der Waals surface area contributed by atoms with E-state index in [-0.39, 0.29) is 0 Å². The average Bonchev–Trinajstić information content (AvgIpc) is 1.69. The summed E-state index contributed by atoms with van der Waals surface area (Å²) < 4.78 is 0. The molecule has 2 radical (unpaired) electrons. The van der Waals surface area contributed by atoms with Gasteiger partial charge in [-0.15, -0.1) is 0 Å². The second-order valence-electron chi connectivity index (χ2n) is 1.23. The highest BCUT2D eigenvalue weighted by Gasteiger charge is 1.63. The maximum atomic E-state index is 5.07. The van der Waals surface area contributed by atoms with Gasteiger partial charge in [-0.2, -0.15) is 0 Å². The van der Waals surface area contributed by atoms with Gasteiger partial charge in [0, 0.05) is 0 Å². The van der Waals surface area contributed by atoms with Crippen molar-refractivity contribution in [2.75, 3.05) is 0 Å². The van der Waals surface area contributed by atoms with Gasteiger partial charge in [0.25, 0.3) is 0 Å². The van der Waals surface area contributed by atoms with Crippen LogP contribution < -0.4 is 0 Å². The van der Waals surface area contributed by atoms with Gasteiger partial charge < -0.3 is 0 Å². The van der Waals surface area contributed by atoms with Crippen LogP contribution in [0.25, 0.3) is 0 Å². The van der Waals surface area contributed by atoms with Gasteiger partial charge in [-0.1, -0.05) is 24.8 Å². The third-order valence-corrected chi connectivity index (χ3v) is 0.605. The molecule has 0 saturated carbocycles. The minimum Gasteiger partial charge on any atom is -0.0882 e. The van der Waals surface area contributed by atoms with Gasteiger partial charge in [-0.25, -0.2) is 0 Å². The Labute approximate surface area is 45.5 Å². The van der Waals surface area contributed by atoms with Crippen LogP contribution >= 0.6 is 0 Å². The predicted octanol–water partition coefficient (Wildman–Crippen LogP) is 2.15. The van der Waals surface area contributed by atoms with Crippen molar-refractivity contribution in [3.8, 4) is 0 Å². The summed E-state index contributed by atoms with van der Waals surface area (Å²) in [5.41, 5.74) is 0. The Hall–Kier alpha value is -0.520. The first kappa shape index (κ1) is 6.48. The quantitative estimate of drug-likeness (QED) is 0.470. The summed E-state index contributed by atoms with van der Waals surface area (Å²) in [6, 6.07) is 0. The number of hydrogen-bond acceptors (Lipinski definition) is 0. The lowest BCUT2D eigenvalue weighted by Gasteiger charge is -1.74. The molecule has 0 rings (SSSR count). The Bertz CT molecular complexity index is 60.4. The van der Waals surface area contributed by atoms with Gasteiger partial charge in [-0.3, -0.25) is 0 Å². The van der Waals surface area contributed by atoms with Gasteiger partial charge in [0.1, 0.15) is 0 Å². The standard InChI is InChI=1S/C7H10/c1-3-5-7-6-4-2/h1,3,6-7H,2,4-5H2/b3-1?,7-6+. The van der Waals surface area contributed by atoms with Crippen molar-refractivity contribution in [3.05, 3.63) is 31.7 Å². The van der Waals surface area contributed by atoms with E-state index in [4.69, 9.17) is 6.58 Å². The van der Waals surface area contributed by atoms with Crippen molar-refractivity contribution >= 4 is 0 Å². The fourth-order valence-corrected chi connectivity index (χ4v) is 0.293. The van der Waals surface area contributed by atoms with Crippen molar-refractivity contribution in [2.24, 2.45) is 0 Å². The maximum Gasteiger partial charge on any atom is -0.0166 e. The van der Waals surface area contributed by atoms with Gasteiger partial charge in [-0.05, 0) is 19.8 Å². The van der Waals surface area contributed by atoms with E-state index < -0.39 is 0 Å². The smallest absolute Gasteiger partial charge is 0.0166 e. The molecule has 0 aromatic heterocycles. The minimum absolute atomic E-state index is 0.855. The van der Waals surface area contributed by atoms with E-state index in [9.17, 15) is 0 Å². The Morgan fingerprint density at radius 2 is 2.14 bits per heavy atom. The molecule has 0 saturated heterocycles. The summed E-state index contributed by atoms with van der Waals surface area (Å²) in [5, 5.41) is 0. The van der Waals surface area contributed by atoms with Gasteiger partial charge in [0.2, 0.25) is 0 Å². The van der Waals surface area contributed by atoms with Crippen LogP contribution in [0.15, 0.2) is 18.2 Å². The molecule has 0 N–H and O–H groups in total. The van der Waals surface area contributed by atoms with E-state index in [0.29, 0.717) is 0 Å². The minimum atomic E-state index is 0.855. The number of hydrogen-bond donors (Lipinski definition) is 0. The molecular weight excluding hydrogens is 84.1 g/mol. The Kier molecular flexibility index (Phi) is 5.07. The number of rotatable bonds is 3. The lowest BCUT2D eigenvalue weighted by molar-refractivity contribution is 1.32. The molecule has 0 aliphatic heterocycles. The van der Waals surface area contributed by atoms with Crippen molar-refractivity contribution < 1.29 is 0 Å². The SMILES string of the molecule is [CH]=CC/C=C/C[CH2]. The first-order chi connectivity index (χ1) is 3.41. The summed E-state index contributed by atoms with van der Waals surface area (Å²) in [6.07, 6.45) is 7.31. The molecule has 38 valence electrons. The van der Waals surface area contributed by atoms with Crippen molar-refractivity contribution in [1.29, 1.82) is 0 Å². The molecule has 0 bridgehead atoms. The largest absolute Gasteiger partial charge is 0.0882 e. The number of allylic oxidation sites excluding steroid dienone is 3. The molecule has 0 amide bonds. The summed E-state index contributed by atoms with van der Waals surface area (Å²) >= 11 is 0. The van der Waals surface area contributed by atoms with Gasteiger partial charge in [0.15, 0.2) is 0 Å². The van der Waals surface area contributed by atoms with Crippen LogP contribution in [0.1, 0.15) is 12.8 Å². The Morgan fingerprint density at radius 1 is 1.43 bits per heavy atom. The van der Waals surface area contributed by atoms with Crippen molar-refractivity contribution in [1.82, 2.24) is 0 Å². The molecule has 0 fully saturated rings. The third kappa shape index (κ3) is 5.48. The maximum absolute atomic E-state index is 5.07. The fourth-order valence-electron chi connectivity index (χ4n) is 0.293. The van der Waals surface area contributed by atoms with Crippen LogP contribution in [0.4, 0.5) is 0 Å². The highest BCUT2D eigenvalue weighted by atomic mass is 13.7. The third-order valence-electron chi connectivity index (χ3n) is 0.605. The van der Waals surface area contributed by atoms with Gasteiger partial charge in [0.05, 0.1) is 0 Å². The normalized spacial score (nSPS) is 9.86. The topological polar surface area (TPSA) is 0 Å². The molecule has 0 spiro atoms. The molecule has 0 aliphatic rings. The summed E-state index contributed by atoms with van der Waals surface area (Å²) in [5.74, 6) is 0. The van der Waals surface area contributed by atoms with Crippen molar-refractivity contribution in [2.45, 2.75) is 12.8 Å². The van der Waals surface area contributed by atoms with E-state index in [2.05, 4.69) is 6.92 Å². The monoisotopic (exact) mass is 94.1 g/mol. The van der Waals surface area contributed by atoms with Crippen LogP contribution in [-0.2, 0) is 0 Å². The molecule has 0 unspecified atom stereocenters. The predicted molar refractivity (Wildman–Crippen MR) is 32.6 cm³/mol. The van der Waals surface area contributed by atoms with E-state index in [1.54, 1.807) is 6.08 Å². The first-order valence-electron chi connectivity index (χ1n) is 2.39. The summed E-state index contributed by atoms with van der Waals surface area (Å²) in [6.45, 7) is 8.69. The molecule has 0 nitrogen and oxygen atoms in total. The average molecular weight is 94.2 g/mol. The van der Waals surface area contributed by atoms with Crippen LogP contribution in [0, 0.1) is 13.5 Å². The lowest BCUT2D eigenvalue weighted by Crippen LogP contribution is -1.54. The van der Waals surface area contributed by atoms with Crippen molar-refractivity contribution in [3.63, 3.8) is 0 Å². The highest BCUT2D eigenvalue weighted by molar-refractivity contribution is 4.87. The molecule has 0 aliphatic carbocycles. The van der Waals surface area contributed by atoms with Crippen LogP contribution in [0.2, 0.25) is 0 Å². The molecule has 0 heteroatoms. The van der Waals surface area contributed by atoms with Crippen LogP contribution in [0.5, 0.6) is 0 Å². The Morgan fingerprint density at radius 3 is 2.57 bits per heavy atom. The second kappa shape index (κ2) is 5.48. The summed E-state index contributed by atoms with van der Waals surface area (Å²) in [4.78, 5) is 0. The zero-order valence-corrected chi connectivity index (χ0v) is 4.43. The second-order valence-corrected chi connectivity index (χ2v) is 1.23. The fraction of sp³-hybridized carbons (Fsp3) is 0.286. The Balaban J connectivity index is 2.92. The van der Waals surface area contributed by atoms with E-state index in [1.165, 1.54) is 0 Å². The molecule has 0 aromatic rings. The first-order valence-corrected chi connectivity index (χ1v) is 2.39. The lowest BCUT2D eigenvalue weighted by atomic mass is 10.3. The van der Waals surface area contributed by atoms with E-state index >= 15 is 0 Å². The highest BCUT2D eigenvalue weighted by Crippen LogP contribution is 1.83. The van der Waals surface area contributed by atoms with Crippen LogP contribution in [0.3, 0.4) is 0 Å². The zero-order valence-electron chi connectivity index (χ0n) is 4.43. The molecule has 0 aromatic carbocycles. The molecular formula is C7H10. The van der Waals surface area contributed by atoms with Crippen LogP contribution in [-0.4, -0.2) is 0 Å². The molecule has 0 heterocycles. The van der Waals surface area contributed by atoms with E-state index in [0.717, 1.165) is 12.8 Å². The van der Waals surface area contributed by atoms with E-state index in [1.807, 2.05) is 12.2 Å². The van der Waals surface area contributed by atoms with Gasteiger partial charge >= 0.3 is 0 Å². The summed E-state index contributed by atoms with van der Waals surface area (Å²) in [7, 11) is 0. The molecule has 0 atom stereocenters. The zero-order chi connectivity index (χ0) is 5.54. The molecule has 7 heavy (non-hydrogen) atoms.